The van der Waals surface area contributed by atoms with Crippen molar-refractivity contribution in [3.63, 3.8) is 0 Å². The Morgan fingerprint density at radius 1 is 1.30 bits per heavy atom. The fourth-order valence-electron chi connectivity index (χ4n) is 0.566. The normalized spacial score (nSPS) is 10.0. The highest BCUT2D eigenvalue weighted by Gasteiger charge is 2.10. The molecule has 0 aliphatic carbocycles. The molecule has 0 atom stereocenters. The summed E-state index contributed by atoms with van der Waals surface area (Å²) in [5, 5.41) is 0. The van der Waals surface area contributed by atoms with Crippen LogP contribution in [0.15, 0.2) is 16.6 Å². The number of hydrogen-bond acceptors (Lipinski definition) is 0. The van der Waals surface area contributed by atoms with Crippen LogP contribution >= 0.6 is 15.9 Å². The van der Waals surface area contributed by atoms with Gasteiger partial charge in [0, 0.05) is 6.07 Å². The number of quaternary nitrogens is 1. The van der Waals surface area contributed by atoms with Crippen LogP contribution in [0.5, 0.6) is 0 Å². The second-order valence-corrected chi connectivity index (χ2v) is 2.63. The Morgan fingerprint density at radius 3 is 2.40 bits per heavy atom. The smallest absolute Gasteiger partial charge is 0.200 e. The van der Waals surface area contributed by atoms with Crippen molar-refractivity contribution in [2.75, 3.05) is 0 Å². The van der Waals surface area contributed by atoms with Crippen LogP contribution in [0, 0.1) is 11.6 Å². The van der Waals surface area contributed by atoms with Gasteiger partial charge in [-0.1, -0.05) is 0 Å². The van der Waals surface area contributed by atoms with E-state index in [2.05, 4.69) is 21.7 Å². The topological polar surface area (TPSA) is 27.6 Å². The second kappa shape index (κ2) is 2.64. The summed E-state index contributed by atoms with van der Waals surface area (Å²) in [7, 11) is 0. The molecule has 0 unspecified atom stereocenters. The lowest BCUT2D eigenvalue weighted by molar-refractivity contribution is -0.258. The van der Waals surface area contributed by atoms with E-state index in [0.717, 1.165) is 6.07 Å². The Kier molecular flexibility index (Phi) is 2.01. The van der Waals surface area contributed by atoms with E-state index in [1.807, 2.05) is 0 Å². The quantitative estimate of drug-likeness (QED) is 0.628. The first-order chi connectivity index (χ1) is 4.63. The van der Waals surface area contributed by atoms with Crippen LogP contribution in [0.4, 0.5) is 14.5 Å². The van der Waals surface area contributed by atoms with Crippen LogP contribution < -0.4 is 5.73 Å². The average Bonchev–Trinajstić information content (AvgIpc) is 1.93. The number of rotatable bonds is 0. The van der Waals surface area contributed by atoms with E-state index < -0.39 is 11.6 Å². The Balaban J connectivity index is 3.34. The number of hydrogen-bond donors (Lipinski definition) is 1. The monoisotopic (exact) mass is 208 g/mol. The molecular weight excluding hydrogens is 204 g/mol. The lowest BCUT2D eigenvalue weighted by Gasteiger charge is -1.95. The molecule has 0 saturated carbocycles. The van der Waals surface area contributed by atoms with Crippen molar-refractivity contribution in [3.8, 4) is 0 Å². The third-order valence-corrected chi connectivity index (χ3v) is 1.84. The van der Waals surface area contributed by atoms with Gasteiger partial charge < -0.3 is 5.73 Å². The molecule has 54 valence electrons. The van der Waals surface area contributed by atoms with E-state index in [4.69, 9.17) is 0 Å². The minimum atomic E-state index is -0.639. The van der Waals surface area contributed by atoms with E-state index in [1.165, 1.54) is 6.07 Å². The van der Waals surface area contributed by atoms with Gasteiger partial charge in [-0.05, 0) is 22.0 Å². The molecule has 1 rings (SSSR count). The van der Waals surface area contributed by atoms with Gasteiger partial charge in [-0.3, -0.25) is 0 Å². The number of benzene rings is 1. The summed E-state index contributed by atoms with van der Waals surface area (Å²) in [4.78, 5) is 0. The molecule has 1 aromatic carbocycles. The summed E-state index contributed by atoms with van der Waals surface area (Å²) in [6.45, 7) is 0. The molecule has 0 fully saturated rings. The van der Waals surface area contributed by atoms with Crippen LogP contribution in [-0.4, -0.2) is 0 Å². The maximum atomic E-state index is 12.6. The van der Waals surface area contributed by atoms with Gasteiger partial charge >= 0.3 is 0 Å². The largest absolute Gasteiger partial charge is 0.323 e. The Hall–Kier alpha value is -0.480. The van der Waals surface area contributed by atoms with Crippen molar-refractivity contribution in [2.24, 2.45) is 0 Å². The Labute approximate surface area is 65.0 Å². The van der Waals surface area contributed by atoms with Crippen LogP contribution in [0.3, 0.4) is 0 Å². The molecule has 0 saturated heterocycles. The van der Waals surface area contributed by atoms with E-state index >= 15 is 0 Å². The van der Waals surface area contributed by atoms with Gasteiger partial charge in [-0.25, -0.2) is 4.39 Å². The minimum absolute atomic E-state index is 0.153. The van der Waals surface area contributed by atoms with Crippen LogP contribution in [0.1, 0.15) is 0 Å². The summed E-state index contributed by atoms with van der Waals surface area (Å²) in [5.74, 6) is -1.25. The van der Waals surface area contributed by atoms with E-state index in [1.54, 1.807) is 0 Å². The van der Waals surface area contributed by atoms with Crippen molar-refractivity contribution in [2.45, 2.75) is 0 Å². The summed E-state index contributed by atoms with van der Waals surface area (Å²) < 4.78 is 24.9. The first kappa shape index (κ1) is 7.63. The van der Waals surface area contributed by atoms with Crippen molar-refractivity contribution in [1.82, 2.24) is 0 Å². The third-order valence-electron chi connectivity index (χ3n) is 1.12. The van der Waals surface area contributed by atoms with Gasteiger partial charge in [0.15, 0.2) is 5.69 Å². The van der Waals surface area contributed by atoms with E-state index in [0.29, 0.717) is 0 Å². The zero-order chi connectivity index (χ0) is 7.72. The standard InChI is InChI=1S/C6H4BrF2N/c7-5-3(8)1-2-4(10)6(5)9/h1-2H,10H2/p+1. The SMILES string of the molecule is [NH3+]c1ccc(F)c(Br)c1F. The Morgan fingerprint density at radius 2 is 1.90 bits per heavy atom. The molecule has 0 radical (unpaired) electrons. The molecule has 0 spiro atoms. The second-order valence-electron chi connectivity index (χ2n) is 1.83. The van der Waals surface area contributed by atoms with E-state index in [9.17, 15) is 8.78 Å². The van der Waals surface area contributed by atoms with Crippen LogP contribution in [0.2, 0.25) is 0 Å². The maximum Gasteiger partial charge on any atom is 0.200 e. The molecule has 1 aromatic rings. The molecular formula is C6H5BrF2N+. The fourth-order valence-corrected chi connectivity index (χ4v) is 0.953. The van der Waals surface area contributed by atoms with Crippen molar-refractivity contribution >= 4 is 21.6 Å². The molecule has 1 nitrogen and oxygen atoms in total. The van der Waals surface area contributed by atoms with Crippen molar-refractivity contribution < 1.29 is 14.5 Å². The zero-order valence-electron chi connectivity index (χ0n) is 5.00. The molecule has 10 heavy (non-hydrogen) atoms. The van der Waals surface area contributed by atoms with Gasteiger partial charge in [-0.15, -0.1) is 0 Å². The molecule has 0 aromatic heterocycles. The molecule has 0 aliphatic rings. The van der Waals surface area contributed by atoms with Crippen molar-refractivity contribution in [3.05, 3.63) is 28.2 Å². The minimum Gasteiger partial charge on any atom is -0.323 e. The highest BCUT2D eigenvalue weighted by molar-refractivity contribution is 9.10. The lowest BCUT2D eigenvalue weighted by Crippen LogP contribution is -2.41. The highest BCUT2D eigenvalue weighted by atomic mass is 79.9. The Bertz CT molecular complexity index is 235. The molecule has 4 heteroatoms. The molecule has 3 N–H and O–H groups in total. The van der Waals surface area contributed by atoms with Gasteiger partial charge in [0.05, 0.1) is 4.47 Å². The third kappa shape index (κ3) is 1.17. The fraction of sp³-hybridized carbons (Fsp3) is 0. The predicted molar refractivity (Wildman–Crippen MR) is 36.6 cm³/mol. The van der Waals surface area contributed by atoms with Gasteiger partial charge in [0.25, 0.3) is 0 Å². The average molecular weight is 209 g/mol. The summed E-state index contributed by atoms with van der Waals surface area (Å²) in [6, 6.07) is 2.45. The summed E-state index contributed by atoms with van der Waals surface area (Å²) in [6.07, 6.45) is 0. The van der Waals surface area contributed by atoms with Gasteiger partial charge in [-0.2, -0.15) is 4.39 Å². The van der Waals surface area contributed by atoms with Crippen LogP contribution in [0.25, 0.3) is 0 Å². The molecule has 0 aliphatic heterocycles. The van der Waals surface area contributed by atoms with Crippen LogP contribution in [-0.2, 0) is 0 Å². The number of halogens is 3. The van der Waals surface area contributed by atoms with Crippen molar-refractivity contribution in [1.29, 1.82) is 0 Å². The van der Waals surface area contributed by atoms with E-state index in [-0.39, 0.29) is 10.2 Å². The predicted octanol–water partition coefficient (Wildman–Crippen LogP) is 1.60. The maximum absolute atomic E-state index is 12.6. The molecule has 0 amide bonds. The summed E-state index contributed by atoms with van der Waals surface area (Å²) in [5.41, 5.74) is 3.54. The molecule has 0 bridgehead atoms. The highest BCUT2D eigenvalue weighted by Crippen LogP contribution is 2.22. The zero-order valence-corrected chi connectivity index (χ0v) is 6.58. The molecule has 0 heterocycles. The van der Waals surface area contributed by atoms with Gasteiger partial charge in [0.2, 0.25) is 5.82 Å². The first-order valence-corrected chi connectivity index (χ1v) is 3.37. The van der Waals surface area contributed by atoms with Gasteiger partial charge in [0.1, 0.15) is 5.82 Å². The first-order valence-electron chi connectivity index (χ1n) is 2.58. The summed E-state index contributed by atoms with van der Waals surface area (Å²) >= 11 is 2.74. The lowest BCUT2D eigenvalue weighted by atomic mass is 10.3.